The number of anilines is 1. The minimum atomic E-state index is -4.02. The Bertz CT molecular complexity index is 2120. The van der Waals surface area contributed by atoms with E-state index in [1.165, 1.54) is 47.7 Å². The minimum Gasteiger partial charge on any atom is -0.378 e. The number of carbonyl (C=O) groups excluding carboxylic acids is 1. The van der Waals surface area contributed by atoms with E-state index in [4.69, 9.17) is 10.7 Å². The zero-order chi connectivity index (χ0) is 33.4. The fraction of sp³-hybridized carbons (Fsp3) is 0.250. The van der Waals surface area contributed by atoms with Crippen molar-refractivity contribution in [2.45, 2.75) is 43.1 Å². The zero-order valence-electron chi connectivity index (χ0n) is 25.4. The molecular weight excluding hydrogens is 616 g/mol. The summed E-state index contributed by atoms with van der Waals surface area (Å²) in [5.74, 6) is 2.69. The first-order valence-corrected chi connectivity index (χ1v) is 15.6. The molecule has 0 saturated heterocycles. The SMILES string of the molecule is Cn1cc(S(=O)(=O)Nc2nn(C)c3c(-c4ccc(C#CC(C)(C)O)nc4[C@H](CC(N)=O)Cc4cc(F)cc(F)c4)cccc23)cn1. The summed E-state index contributed by atoms with van der Waals surface area (Å²) in [6.07, 6.45) is 2.39. The van der Waals surface area contributed by atoms with Gasteiger partial charge in [-0.1, -0.05) is 18.1 Å². The van der Waals surface area contributed by atoms with Crippen molar-refractivity contribution in [1.82, 2.24) is 24.5 Å². The molecule has 4 N–H and O–H groups in total. The van der Waals surface area contributed by atoms with E-state index in [1.54, 1.807) is 44.4 Å². The molecule has 238 valence electrons. The van der Waals surface area contributed by atoms with Crippen LogP contribution in [-0.2, 0) is 35.3 Å². The van der Waals surface area contributed by atoms with Crippen molar-refractivity contribution in [3.05, 3.63) is 89.5 Å². The number of sulfonamides is 1. The molecule has 0 aliphatic rings. The number of hydrogen-bond acceptors (Lipinski definition) is 7. The molecule has 1 atom stereocenters. The average molecular weight is 648 g/mol. The highest BCUT2D eigenvalue weighted by atomic mass is 32.2. The second kappa shape index (κ2) is 12.3. The van der Waals surface area contributed by atoms with Crippen molar-refractivity contribution in [2.75, 3.05) is 4.72 Å². The van der Waals surface area contributed by atoms with Crippen LogP contribution in [0, 0.1) is 23.5 Å². The van der Waals surface area contributed by atoms with E-state index in [2.05, 4.69) is 26.8 Å². The van der Waals surface area contributed by atoms with Crippen molar-refractivity contribution < 1.29 is 27.1 Å². The lowest BCUT2D eigenvalue weighted by Crippen LogP contribution is -2.19. The van der Waals surface area contributed by atoms with Crippen molar-refractivity contribution in [3.63, 3.8) is 0 Å². The third-order valence-corrected chi connectivity index (χ3v) is 8.33. The Morgan fingerprint density at radius 1 is 1.11 bits per heavy atom. The first-order chi connectivity index (χ1) is 21.6. The highest BCUT2D eigenvalue weighted by Gasteiger charge is 2.26. The second-order valence-corrected chi connectivity index (χ2v) is 13.1. The number of nitrogens with two attached hydrogens (primary N) is 1. The van der Waals surface area contributed by atoms with Crippen molar-refractivity contribution in [3.8, 4) is 23.0 Å². The Kier molecular flexibility index (Phi) is 8.66. The number of amides is 1. The molecule has 3 heterocycles. The fourth-order valence-corrected chi connectivity index (χ4v) is 6.18. The number of carbonyl (C=O) groups is 1. The van der Waals surface area contributed by atoms with E-state index in [0.29, 0.717) is 27.7 Å². The first-order valence-electron chi connectivity index (χ1n) is 14.1. The maximum atomic E-state index is 14.2. The van der Waals surface area contributed by atoms with Gasteiger partial charge in [-0.25, -0.2) is 22.2 Å². The topological polar surface area (TPSA) is 158 Å². The van der Waals surface area contributed by atoms with Crippen molar-refractivity contribution in [1.29, 1.82) is 0 Å². The predicted molar refractivity (Wildman–Crippen MR) is 168 cm³/mol. The summed E-state index contributed by atoms with van der Waals surface area (Å²) in [6.45, 7) is 3.04. The fourth-order valence-electron chi connectivity index (χ4n) is 5.18. The van der Waals surface area contributed by atoms with Crippen molar-refractivity contribution >= 4 is 32.7 Å². The van der Waals surface area contributed by atoms with Crippen LogP contribution in [0.2, 0.25) is 0 Å². The number of nitrogens with one attached hydrogen (secondary N) is 1. The van der Waals surface area contributed by atoms with Crippen LogP contribution in [0.15, 0.2) is 65.8 Å². The molecule has 5 rings (SSSR count). The van der Waals surface area contributed by atoms with Gasteiger partial charge in [-0.15, -0.1) is 0 Å². The Balaban J connectivity index is 1.69. The Morgan fingerprint density at radius 2 is 1.83 bits per heavy atom. The summed E-state index contributed by atoms with van der Waals surface area (Å²) >= 11 is 0. The lowest BCUT2D eigenvalue weighted by atomic mass is 9.87. The van der Waals surface area contributed by atoms with Gasteiger partial charge in [0.2, 0.25) is 5.91 Å². The molecule has 5 aromatic rings. The van der Waals surface area contributed by atoms with E-state index in [9.17, 15) is 27.1 Å². The van der Waals surface area contributed by atoms with E-state index in [-0.39, 0.29) is 34.8 Å². The normalized spacial score (nSPS) is 12.5. The van der Waals surface area contributed by atoms with Gasteiger partial charge in [-0.05, 0) is 62.1 Å². The van der Waals surface area contributed by atoms with Crippen LogP contribution in [0.3, 0.4) is 0 Å². The van der Waals surface area contributed by atoms with Crippen LogP contribution in [0.25, 0.3) is 22.0 Å². The van der Waals surface area contributed by atoms with Gasteiger partial charge in [0.05, 0.1) is 17.4 Å². The van der Waals surface area contributed by atoms with Gasteiger partial charge in [0.1, 0.15) is 27.8 Å². The highest BCUT2D eigenvalue weighted by Crippen LogP contribution is 2.38. The van der Waals surface area contributed by atoms with Crippen LogP contribution in [0.1, 0.15) is 43.1 Å². The monoisotopic (exact) mass is 647 g/mol. The molecule has 0 unspecified atom stereocenters. The lowest BCUT2D eigenvalue weighted by Gasteiger charge is -2.20. The predicted octanol–water partition coefficient (Wildman–Crippen LogP) is 3.77. The van der Waals surface area contributed by atoms with E-state index in [0.717, 1.165) is 6.07 Å². The van der Waals surface area contributed by atoms with Gasteiger partial charge >= 0.3 is 0 Å². The number of halogens is 2. The third-order valence-electron chi connectivity index (χ3n) is 7.04. The number of primary amides is 1. The van der Waals surface area contributed by atoms with Gasteiger partial charge in [-0.3, -0.25) is 18.9 Å². The van der Waals surface area contributed by atoms with Gasteiger partial charge in [0.15, 0.2) is 5.82 Å². The third kappa shape index (κ3) is 7.22. The number of nitrogens with zero attached hydrogens (tertiary/aromatic N) is 5. The molecular formula is C32H31F2N7O4S. The van der Waals surface area contributed by atoms with Gasteiger partial charge in [0.25, 0.3) is 10.0 Å². The van der Waals surface area contributed by atoms with E-state index >= 15 is 0 Å². The Morgan fingerprint density at radius 3 is 2.46 bits per heavy atom. The Labute approximate surface area is 264 Å². The smallest absolute Gasteiger partial charge is 0.266 e. The average Bonchev–Trinajstić information content (AvgIpc) is 3.53. The number of aromatic nitrogens is 5. The largest absolute Gasteiger partial charge is 0.378 e. The maximum absolute atomic E-state index is 14.2. The number of aliphatic hydroxyl groups is 1. The van der Waals surface area contributed by atoms with Gasteiger partial charge < -0.3 is 10.8 Å². The van der Waals surface area contributed by atoms with Crippen molar-refractivity contribution in [2.24, 2.45) is 19.8 Å². The maximum Gasteiger partial charge on any atom is 0.266 e. The molecule has 0 aliphatic carbocycles. The molecule has 2 aromatic carbocycles. The Hall–Kier alpha value is -5.13. The van der Waals surface area contributed by atoms with Crippen LogP contribution in [0.4, 0.5) is 14.6 Å². The summed E-state index contributed by atoms with van der Waals surface area (Å²) in [5.41, 5.74) is 6.93. The molecule has 0 spiro atoms. The van der Waals surface area contributed by atoms with Crippen LogP contribution in [0.5, 0.6) is 0 Å². The first kappa shape index (κ1) is 32.3. The molecule has 3 aromatic heterocycles. The highest BCUT2D eigenvalue weighted by molar-refractivity contribution is 7.92. The molecule has 0 saturated carbocycles. The summed E-state index contributed by atoms with van der Waals surface area (Å²) in [5, 5.41) is 19.0. The number of benzene rings is 2. The lowest BCUT2D eigenvalue weighted by molar-refractivity contribution is -0.118. The number of rotatable bonds is 9. The summed E-state index contributed by atoms with van der Waals surface area (Å²) in [6, 6.07) is 11.7. The second-order valence-electron chi connectivity index (χ2n) is 11.4. The quantitative estimate of drug-likeness (QED) is 0.206. The zero-order valence-corrected chi connectivity index (χ0v) is 26.2. The number of aryl methyl sites for hydroxylation is 2. The standard InChI is InChI=1S/C32H31F2N7O4S/c1-32(2,43)11-10-23-8-9-25(29(37-23)20(15-28(35)42)12-19-13-21(33)16-22(34)14-19)26-6-5-7-27-30(26)41(4)38-31(27)39-46(44,45)24-17-36-40(3)18-24/h5-9,13-14,16-18,20,43H,12,15H2,1-4H3,(H2,35,42)(H,38,39)/t20-/m0/s1. The summed E-state index contributed by atoms with van der Waals surface area (Å²) in [4.78, 5) is 17.0. The molecule has 1 amide bonds. The van der Waals surface area contributed by atoms with E-state index in [1.807, 2.05) is 0 Å². The van der Waals surface area contributed by atoms with Crippen LogP contribution >= 0.6 is 0 Å². The number of hydrogen-bond donors (Lipinski definition) is 3. The summed E-state index contributed by atoms with van der Waals surface area (Å²) < 4.78 is 60.0. The molecule has 0 fully saturated rings. The summed E-state index contributed by atoms with van der Waals surface area (Å²) in [7, 11) is -0.763. The van der Waals surface area contributed by atoms with Gasteiger partial charge in [0, 0.05) is 55.2 Å². The number of fused-ring (bicyclic) bond motifs is 1. The number of para-hydroxylation sites is 1. The van der Waals surface area contributed by atoms with Gasteiger partial charge in [-0.2, -0.15) is 10.2 Å². The molecule has 0 radical (unpaired) electrons. The van der Waals surface area contributed by atoms with E-state index < -0.39 is 39.1 Å². The number of pyridine rings is 1. The minimum absolute atomic E-state index is 0.0114. The molecule has 14 heteroatoms. The molecule has 11 nitrogen and oxygen atoms in total. The molecule has 0 aliphatic heterocycles. The molecule has 46 heavy (non-hydrogen) atoms. The molecule has 0 bridgehead atoms. The van der Waals surface area contributed by atoms with Crippen LogP contribution in [-0.4, -0.2) is 49.6 Å². The van der Waals surface area contributed by atoms with Crippen LogP contribution < -0.4 is 10.5 Å².